The summed E-state index contributed by atoms with van der Waals surface area (Å²) in [5.41, 5.74) is 0.956. The number of aromatic amines is 1. The lowest BCUT2D eigenvalue weighted by Gasteiger charge is -2.13. The zero-order valence-electron chi connectivity index (χ0n) is 15.4. The van der Waals surface area contributed by atoms with Crippen molar-refractivity contribution in [2.45, 2.75) is 35.3 Å². The molecule has 7 nitrogen and oxygen atoms in total. The van der Waals surface area contributed by atoms with Crippen LogP contribution in [0.25, 0.3) is 11.2 Å². The summed E-state index contributed by atoms with van der Waals surface area (Å²) in [6, 6.07) is 5.35. The number of rotatable bonds is 5. The maximum Gasteiger partial charge on any atom is 0.180 e. The smallest absolute Gasteiger partial charge is 0.180 e. The van der Waals surface area contributed by atoms with E-state index in [-0.39, 0.29) is 42.0 Å². The van der Waals surface area contributed by atoms with Crippen LogP contribution in [0.1, 0.15) is 5.56 Å². The minimum absolute atomic E-state index is 0.00943. The van der Waals surface area contributed by atoms with Gasteiger partial charge in [-0.1, -0.05) is 29.4 Å². The topological polar surface area (TPSA) is 92.3 Å². The van der Waals surface area contributed by atoms with Crippen molar-refractivity contribution in [1.82, 2.24) is 15.0 Å². The van der Waals surface area contributed by atoms with Gasteiger partial charge >= 0.3 is 0 Å². The van der Waals surface area contributed by atoms with Crippen molar-refractivity contribution in [2.24, 2.45) is 0 Å². The monoisotopic (exact) mass is 454 g/mol. The summed E-state index contributed by atoms with van der Waals surface area (Å²) in [7, 11) is 0. The summed E-state index contributed by atoms with van der Waals surface area (Å²) in [5, 5.41) is 13.6. The average molecular weight is 455 g/mol. The summed E-state index contributed by atoms with van der Waals surface area (Å²) in [6.45, 7) is 0.607. The van der Waals surface area contributed by atoms with Gasteiger partial charge in [0.2, 0.25) is 0 Å². The first kappa shape index (κ1) is 20.0. The zero-order valence-corrected chi connectivity index (χ0v) is 17.0. The van der Waals surface area contributed by atoms with Crippen LogP contribution in [0.2, 0.25) is 5.02 Å². The molecular formula is C19H17ClF2N4O3S. The molecule has 2 saturated heterocycles. The molecule has 0 unspecified atom stereocenters. The van der Waals surface area contributed by atoms with Crippen LogP contribution in [0.4, 0.5) is 14.6 Å². The maximum absolute atomic E-state index is 13.8. The number of hydrogen-bond acceptors (Lipinski definition) is 7. The normalized spacial score (nSPS) is 25.7. The van der Waals surface area contributed by atoms with Crippen molar-refractivity contribution in [2.75, 3.05) is 18.5 Å². The molecular weight excluding hydrogens is 438 g/mol. The number of nitrogens with zero attached hydrogens (tertiary/aromatic N) is 2. The molecule has 3 N–H and O–H groups in total. The van der Waals surface area contributed by atoms with Crippen LogP contribution < -0.4 is 5.32 Å². The summed E-state index contributed by atoms with van der Waals surface area (Å²) in [6.07, 6.45) is -1.11. The average Bonchev–Trinajstić information content (AvgIpc) is 3.39. The van der Waals surface area contributed by atoms with Crippen LogP contribution in [-0.4, -0.2) is 56.8 Å². The number of H-pyrrole nitrogens is 1. The predicted octanol–water partition coefficient (Wildman–Crippen LogP) is 3.12. The minimum atomic E-state index is -0.644. The van der Waals surface area contributed by atoms with E-state index in [2.05, 4.69) is 20.3 Å². The molecule has 30 heavy (non-hydrogen) atoms. The molecule has 4 heterocycles. The number of aliphatic hydroxyl groups is 1. The summed E-state index contributed by atoms with van der Waals surface area (Å²) >= 11 is 7.73. The van der Waals surface area contributed by atoms with Gasteiger partial charge in [-0.15, -0.1) is 0 Å². The van der Waals surface area contributed by atoms with E-state index in [1.54, 1.807) is 6.07 Å². The van der Waals surface area contributed by atoms with Gasteiger partial charge in [0.1, 0.15) is 35.8 Å². The molecule has 3 aromatic rings. The quantitative estimate of drug-likeness (QED) is 0.545. The minimum Gasteiger partial charge on any atom is -0.388 e. The SMILES string of the molecule is O[C@@H]1CO[C@H]2[C@@H]1OC[C@@H]2Sc1nc2nc(NCc3c(F)cccc3F)c(Cl)cc2[nH]1. The Balaban J connectivity index is 1.33. The fraction of sp³-hybridized carbons (Fsp3) is 0.368. The highest BCUT2D eigenvalue weighted by Gasteiger charge is 2.47. The molecule has 2 aliphatic heterocycles. The Morgan fingerprint density at radius 2 is 1.97 bits per heavy atom. The van der Waals surface area contributed by atoms with Gasteiger partial charge in [-0.05, 0) is 18.2 Å². The van der Waals surface area contributed by atoms with Gasteiger partial charge in [0, 0.05) is 12.1 Å². The van der Waals surface area contributed by atoms with Gasteiger partial charge < -0.3 is 24.9 Å². The van der Waals surface area contributed by atoms with Crippen molar-refractivity contribution >= 4 is 40.3 Å². The van der Waals surface area contributed by atoms with Gasteiger partial charge in [0.15, 0.2) is 10.8 Å². The van der Waals surface area contributed by atoms with Crippen LogP contribution in [0.5, 0.6) is 0 Å². The van der Waals surface area contributed by atoms with Crippen LogP contribution >= 0.6 is 23.4 Å². The van der Waals surface area contributed by atoms with Gasteiger partial charge in [-0.25, -0.2) is 18.7 Å². The number of anilines is 1. The molecule has 2 aromatic heterocycles. The van der Waals surface area contributed by atoms with Crippen LogP contribution in [0, 0.1) is 11.6 Å². The van der Waals surface area contributed by atoms with E-state index in [9.17, 15) is 13.9 Å². The van der Waals surface area contributed by atoms with E-state index in [4.69, 9.17) is 21.1 Å². The van der Waals surface area contributed by atoms with Crippen LogP contribution in [0.3, 0.4) is 0 Å². The van der Waals surface area contributed by atoms with Crippen molar-refractivity contribution in [3.05, 3.63) is 46.5 Å². The van der Waals surface area contributed by atoms with Crippen molar-refractivity contribution in [3.63, 3.8) is 0 Å². The van der Waals surface area contributed by atoms with Crippen molar-refractivity contribution in [3.8, 4) is 0 Å². The molecule has 11 heteroatoms. The number of imidazole rings is 1. The number of aromatic nitrogens is 3. The van der Waals surface area contributed by atoms with Crippen LogP contribution in [-0.2, 0) is 16.0 Å². The summed E-state index contributed by atoms with van der Waals surface area (Å²) < 4.78 is 38.9. The second kappa shape index (κ2) is 7.93. The number of pyridine rings is 1. The highest BCUT2D eigenvalue weighted by molar-refractivity contribution is 7.99. The molecule has 2 aliphatic rings. The Bertz CT molecular complexity index is 1080. The van der Waals surface area contributed by atoms with Crippen molar-refractivity contribution < 1.29 is 23.4 Å². The second-order valence-electron chi connectivity index (χ2n) is 7.11. The van der Waals surface area contributed by atoms with E-state index < -0.39 is 17.7 Å². The third-order valence-corrected chi connectivity index (χ3v) is 6.56. The fourth-order valence-corrected chi connectivity index (χ4v) is 4.96. The number of thioether (sulfide) groups is 1. The number of nitrogens with one attached hydrogen (secondary N) is 2. The van der Waals surface area contributed by atoms with E-state index in [1.165, 1.54) is 30.0 Å². The Morgan fingerprint density at radius 3 is 2.77 bits per heavy atom. The Morgan fingerprint density at radius 1 is 1.20 bits per heavy atom. The summed E-state index contributed by atoms with van der Waals surface area (Å²) in [4.78, 5) is 12.0. The molecule has 5 rings (SSSR count). The lowest BCUT2D eigenvalue weighted by molar-refractivity contribution is 0.0188. The summed E-state index contributed by atoms with van der Waals surface area (Å²) in [5.74, 6) is -1.01. The van der Waals surface area contributed by atoms with E-state index in [1.807, 2.05) is 0 Å². The van der Waals surface area contributed by atoms with E-state index in [0.29, 0.717) is 27.9 Å². The molecule has 158 valence electrons. The number of aliphatic hydroxyl groups excluding tert-OH is 1. The van der Waals surface area contributed by atoms with Gasteiger partial charge in [-0.2, -0.15) is 0 Å². The molecule has 0 bridgehead atoms. The lowest BCUT2D eigenvalue weighted by Crippen LogP contribution is -2.29. The number of hydrogen-bond donors (Lipinski definition) is 3. The Kier molecular flexibility index (Phi) is 5.28. The molecule has 0 aliphatic carbocycles. The van der Waals surface area contributed by atoms with Gasteiger partial charge in [0.25, 0.3) is 0 Å². The molecule has 0 amide bonds. The van der Waals surface area contributed by atoms with E-state index in [0.717, 1.165) is 0 Å². The van der Waals surface area contributed by atoms with E-state index >= 15 is 0 Å². The lowest BCUT2D eigenvalue weighted by atomic mass is 10.1. The molecule has 0 spiro atoms. The first-order chi connectivity index (χ1) is 14.5. The molecule has 1 aromatic carbocycles. The number of halogens is 3. The molecule has 2 fully saturated rings. The molecule has 4 atom stereocenters. The third-order valence-electron chi connectivity index (χ3n) is 5.14. The maximum atomic E-state index is 13.8. The standard InChI is InChI=1S/C19H17ClF2N4O3S/c20-9-4-12-18(25-17(9)23-5-8-10(21)2-1-3-11(8)22)26-19(24-12)30-14-7-29-15-13(27)6-28-16(14)15/h1-4,13-16,27H,5-7H2,(H2,23,24,25,26)/t13-,14+,15-,16-/m1/s1. The first-order valence-electron chi connectivity index (χ1n) is 9.30. The Labute approximate surface area is 179 Å². The number of ether oxygens (including phenoxy) is 2. The largest absolute Gasteiger partial charge is 0.388 e. The van der Waals surface area contributed by atoms with Crippen LogP contribution in [0.15, 0.2) is 29.4 Å². The zero-order chi connectivity index (χ0) is 20.8. The second-order valence-corrected chi connectivity index (χ2v) is 8.74. The van der Waals surface area contributed by atoms with Gasteiger partial charge in [-0.3, -0.25) is 0 Å². The third kappa shape index (κ3) is 3.63. The fourth-order valence-electron chi connectivity index (χ4n) is 3.64. The highest BCUT2D eigenvalue weighted by Crippen LogP contribution is 2.37. The predicted molar refractivity (Wildman–Crippen MR) is 108 cm³/mol. The molecule has 0 radical (unpaired) electrons. The first-order valence-corrected chi connectivity index (χ1v) is 10.6. The number of fused-ring (bicyclic) bond motifs is 2. The Hall–Kier alpha value is -1.98. The van der Waals surface area contributed by atoms with Crippen molar-refractivity contribution in [1.29, 1.82) is 0 Å². The number of benzene rings is 1. The highest BCUT2D eigenvalue weighted by atomic mass is 35.5. The molecule has 0 saturated carbocycles. The van der Waals surface area contributed by atoms with Gasteiger partial charge in [0.05, 0.1) is 29.0 Å².